The summed E-state index contributed by atoms with van der Waals surface area (Å²) in [7, 11) is 0. The lowest BCUT2D eigenvalue weighted by Gasteiger charge is -2.12. The topological polar surface area (TPSA) is 40.2 Å². The van der Waals surface area contributed by atoms with Crippen molar-refractivity contribution >= 4 is 10.9 Å². The molecule has 1 aliphatic heterocycles. The van der Waals surface area contributed by atoms with Crippen LogP contribution in [0.5, 0.6) is 0 Å². The number of aryl methyl sites for hydroxylation is 1. The van der Waals surface area contributed by atoms with E-state index in [1.54, 1.807) is 0 Å². The van der Waals surface area contributed by atoms with Crippen LogP contribution in [0.2, 0.25) is 0 Å². The van der Waals surface area contributed by atoms with Crippen molar-refractivity contribution in [3.63, 3.8) is 0 Å². The monoisotopic (exact) mass is 286 g/mol. The van der Waals surface area contributed by atoms with E-state index in [2.05, 4.69) is 42.0 Å². The van der Waals surface area contributed by atoms with Crippen LogP contribution >= 0.6 is 0 Å². The molecule has 114 valence electrons. The van der Waals surface area contributed by atoms with Gasteiger partial charge in [-0.05, 0) is 61.3 Å². The zero-order chi connectivity index (χ0) is 14.7. The van der Waals surface area contributed by atoms with E-state index in [1.165, 1.54) is 29.3 Å². The Morgan fingerprint density at radius 3 is 3.05 bits per heavy atom. The highest BCUT2D eigenvalue weighted by molar-refractivity contribution is 5.80. The average Bonchev–Trinajstić information content (AvgIpc) is 3.14. The molecule has 0 saturated carbocycles. The number of hydrogen-bond donors (Lipinski definition) is 1. The number of benzene rings is 1. The molecule has 0 aliphatic carbocycles. The van der Waals surface area contributed by atoms with Gasteiger partial charge in [-0.25, -0.2) is 0 Å². The summed E-state index contributed by atoms with van der Waals surface area (Å²) < 4.78 is 8.06. The molecule has 2 unspecified atom stereocenters. The maximum Gasteiger partial charge on any atom is 0.0593 e. The molecule has 1 aromatic carbocycles. The summed E-state index contributed by atoms with van der Waals surface area (Å²) in [5.74, 6) is 0. The fourth-order valence-electron chi connectivity index (χ4n) is 3.17. The summed E-state index contributed by atoms with van der Waals surface area (Å²) >= 11 is 0. The Morgan fingerprint density at radius 2 is 2.29 bits per heavy atom. The van der Waals surface area contributed by atoms with Crippen molar-refractivity contribution in [2.45, 2.75) is 57.7 Å². The quantitative estimate of drug-likeness (QED) is 0.883. The third-order valence-corrected chi connectivity index (χ3v) is 4.57. The normalized spacial score (nSPS) is 20.2. The number of aromatic nitrogens is 1. The third-order valence-electron chi connectivity index (χ3n) is 4.57. The van der Waals surface area contributed by atoms with Crippen molar-refractivity contribution in [3.8, 4) is 0 Å². The molecule has 1 saturated heterocycles. The van der Waals surface area contributed by atoms with Gasteiger partial charge in [-0.1, -0.05) is 13.0 Å². The highest BCUT2D eigenvalue weighted by Gasteiger charge is 2.15. The highest BCUT2D eigenvalue weighted by atomic mass is 16.5. The second-order valence-electron chi connectivity index (χ2n) is 6.20. The van der Waals surface area contributed by atoms with E-state index >= 15 is 0 Å². The van der Waals surface area contributed by atoms with E-state index in [1.807, 2.05) is 0 Å². The zero-order valence-corrected chi connectivity index (χ0v) is 12.9. The van der Waals surface area contributed by atoms with Gasteiger partial charge in [0.05, 0.1) is 6.10 Å². The zero-order valence-electron chi connectivity index (χ0n) is 12.9. The van der Waals surface area contributed by atoms with E-state index in [0.717, 1.165) is 32.4 Å². The minimum Gasteiger partial charge on any atom is -0.378 e. The summed E-state index contributed by atoms with van der Waals surface area (Å²) in [5.41, 5.74) is 8.72. The van der Waals surface area contributed by atoms with Crippen LogP contribution in [0.1, 0.15) is 38.2 Å². The molecule has 0 bridgehead atoms. The van der Waals surface area contributed by atoms with E-state index in [-0.39, 0.29) is 6.04 Å². The molecule has 1 aromatic heterocycles. The van der Waals surface area contributed by atoms with Gasteiger partial charge in [-0.2, -0.15) is 0 Å². The highest BCUT2D eigenvalue weighted by Crippen LogP contribution is 2.21. The molecule has 0 radical (unpaired) electrons. The van der Waals surface area contributed by atoms with Crippen LogP contribution in [-0.4, -0.2) is 23.3 Å². The van der Waals surface area contributed by atoms with Crippen LogP contribution in [0.25, 0.3) is 10.9 Å². The van der Waals surface area contributed by atoms with Gasteiger partial charge in [0.25, 0.3) is 0 Å². The van der Waals surface area contributed by atoms with E-state index in [9.17, 15) is 0 Å². The summed E-state index contributed by atoms with van der Waals surface area (Å²) in [5, 5.41) is 1.32. The van der Waals surface area contributed by atoms with Crippen LogP contribution in [0.3, 0.4) is 0 Å². The fourth-order valence-corrected chi connectivity index (χ4v) is 3.17. The molecular formula is C18H26N2O. The van der Waals surface area contributed by atoms with Crippen molar-refractivity contribution in [2.24, 2.45) is 5.73 Å². The Balaban J connectivity index is 1.69. The largest absolute Gasteiger partial charge is 0.378 e. The van der Waals surface area contributed by atoms with Gasteiger partial charge in [0, 0.05) is 30.9 Å². The molecule has 1 fully saturated rings. The molecule has 0 amide bonds. The van der Waals surface area contributed by atoms with Crippen molar-refractivity contribution < 1.29 is 4.74 Å². The maximum atomic E-state index is 6.05. The molecule has 0 spiro atoms. The number of hydrogen-bond acceptors (Lipinski definition) is 2. The molecule has 2 N–H and O–H groups in total. The van der Waals surface area contributed by atoms with Crippen LogP contribution in [-0.2, 0) is 17.7 Å². The molecule has 21 heavy (non-hydrogen) atoms. The Labute approximate surface area is 127 Å². The van der Waals surface area contributed by atoms with Crippen molar-refractivity contribution in [2.75, 3.05) is 6.61 Å². The Kier molecular flexibility index (Phi) is 4.61. The standard InChI is InChI=1S/C18H26N2O/c1-2-16(19)13-14-5-6-18-15(12-14)7-9-20(18)10-8-17-4-3-11-21-17/h5-7,9,12,16-17H,2-4,8,10-11,13,19H2,1H3. The third kappa shape index (κ3) is 3.47. The van der Waals surface area contributed by atoms with Crippen LogP contribution in [0.15, 0.2) is 30.5 Å². The van der Waals surface area contributed by atoms with Gasteiger partial charge in [-0.3, -0.25) is 0 Å². The number of nitrogens with two attached hydrogens (primary N) is 1. The minimum atomic E-state index is 0.268. The van der Waals surface area contributed by atoms with Crippen LogP contribution in [0, 0.1) is 0 Å². The second kappa shape index (κ2) is 6.63. The average molecular weight is 286 g/mol. The Hall–Kier alpha value is -1.32. The van der Waals surface area contributed by atoms with Crippen molar-refractivity contribution in [3.05, 3.63) is 36.0 Å². The lowest BCUT2D eigenvalue weighted by molar-refractivity contribution is 0.101. The molecule has 2 aromatic rings. The molecule has 3 nitrogen and oxygen atoms in total. The number of rotatable bonds is 6. The molecular weight excluding hydrogens is 260 g/mol. The predicted octanol–water partition coefficient (Wildman–Crippen LogP) is 3.49. The SMILES string of the molecule is CCC(N)Cc1ccc2c(ccn2CCC2CCCO2)c1. The Morgan fingerprint density at radius 1 is 1.38 bits per heavy atom. The summed E-state index contributed by atoms with van der Waals surface area (Å²) in [4.78, 5) is 0. The van der Waals surface area contributed by atoms with Gasteiger partial charge >= 0.3 is 0 Å². The number of ether oxygens (including phenoxy) is 1. The second-order valence-corrected chi connectivity index (χ2v) is 6.20. The maximum absolute atomic E-state index is 6.05. The van der Waals surface area contributed by atoms with Crippen molar-refractivity contribution in [1.29, 1.82) is 0 Å². The van der Waals surface area contributed by atoms with Gasteiger partial charge in [0.2, 0.25) is 0 Å². The van der Waals surface area contributed by atoms with Crippen molar-refractivity contribution in [1.82, 2.24) is 4.57 Å². The molecule has 3 heteroatoms. The Bertz CT molecular complexity index is 584. The first-order chi connectivity index (χ1) is 10.3. The van der Waals surface area contributed by atoms with E-state index in [4.69, 9.17) is 10.5 Å². The summed E-state index contributed by atoms with van der Waals surface area (Å²) in [6, 6.07) is 9.23. The first kappa shape index (κ1) is 14.6. The molecule has 1 aliphatic rings. The summed E-state index contributed by atoms with van der Waals surface area (Å²) in [6.45, 7) is 4.13. The lowest BCUT2D eigenvalue weighted by Crippen LogP contribution is -2.21. The minimum absolute atomic E-state index is 0.268. The summed E-state index contributed by atoms with van der Waals surface area (Å²) in [6.07, 6.45) is 8.21. The van der Waals surface area contributed by atoms with Gasteiger partial charge < -0.3 is 15.0 Å². The van der Waals surface area contributed by atoms with Crippen LogP contribution in [0.4, 0.5) is 0 Å². The fraction of sp³-hybridized carbons (Fsp3) is 0.556. The van der Waals surface area contributed by atoms with E-state index in [0.29, 0.717) is 6.10 Å². The predicted molar refractivity (Wildman–Crippen MR) is 87.5 cm³/mol. The molecule has 3 rings (SSSR count). The smallest absolute Gasteiger partial charge is 0.0593 e. The number of nitrogens with zero attached hydrogens (tertiary/aromatic N) is 1. The first-order valence-electron chi connectivity index (χ1n) is 8.21. The van der Waals surface area contributed by atoms with Gasteiger partial charge in [-0.15, -0.1) is 0 Å². The van der Waals surface area contributed by atoms with Crippen LogP contribution < -0.4 is 5.73 Å². The van der Waals surface area contributed by atoms with Gasteiger partial charge in [0.15, 0.2) is 0 Å². The molecule has 2 heterocycles. The first-order valence-corrected chi connectivity index (χ1v) is 8.21. The molecule has 2 atom stereocenters. The number of fused-ring (bicyclic) bond motifs is 1. The van der Waals surface area contributed by atoms with E-state index < -0.39 is 0 Å². The van der Waals surface area contributed by atoms with Gasteiger partial charge in [0.1, 0.15) is 0 Å². The lowest BCUT2D eigenvalue weighted by atomic mass is 10.0.